The van der Waals surface area contributed by atoms with Gasteiger partial charge >= 0.3 is 11.8 Å². The highest BCUT2D eigenvalue weighted by Crippen LogP contribution is 2.26. The highest BCUT2D eigenvalue weighted by molar-refractivity contribution is 6.35. The van der Waals surface area contributed by atoms with E-state index in [9.17, 15) is 19.1 Å². The summed E-state index contributed by atoms with van der Waals surface area (Å²) >= 11 is 0. The van der Waals surface area contributed by atoms with Crippen LogP contribution in [0.5, 0.6) is 0 Å². The van der Waals surface area contributed by atoms with Gasteiger partial charge in [-0.3, -0.25) is 9.59 Å². The second-order valence-electron chi connectivity index (χ2n) is 5.67. The molecule has 2 amide bonds. The Balaban J connectivity index is 1.92. The summed E-state index contributed by atoms with van der Waals surface area (Å²) in [6.45, 7) is -0.100. The van der Waals surface area contributed by atoms with Gasteiger partial charge in [0.25, 0.3) is 0 Å². The summed E-state index contributed by atoms with van der Waals surface area (Å²) in [5.74, 6) is -1.81. The van der Waals surface area contributed by atoms with Crippen molar-refractivity contribution in [3.8, 4) is 0 Å². The van der Waals surface area contributed by atoms with Gasteiger partial charge in [0.2, 0.25) is 0 Å². The lowest BCUT2D eigenvalue weighted by molar-refractivity contribution is -0.154. The Hall–Kier alpha value is -2.73. The average Bonchev–Trinajstić information content (AvgIpc) is 2.60. The predicted octanol–water partition coefficient (Wildman–Crippen LogP) is 1.39. The van der Waals surface area contributed by atoms with Crippen LogP contribution in [0.15, 0.2) is 54.6 Å². The number of rotatable bonds is 4. The minimum Gasteiger partial charge on any atom is -0.394 e. The maximum absolute atomic E-state index is 13.1. The highest BCUT2D eigenvalue weighted by Gasteiger charge is 2.40. The lowest BCUT2D eigenvalue weighted by atomic mass is 9.95. The first-order valence-electron chi connectivity index (χ1n) is 7.62. The van der Waals surface area contributed by atoms with E-state index in [4.69, 9.17) is 0 Å². The van der Waals surface area contributed by atoms with E-state index >= 15 is 0 Å². The van der Waals surface area contributed by atoms with Crippen molar-refractivity contribution in [2.24, 2.45) is 0 Å². The third-order valence-electron chi connectivity index (χ3n) is 4.14. The largest absolute Gasteiger partial charge is 0.394 e. The zero-order valence-electron chi connectivity index (χ0n) is 12.9. The molecular formula is C18H17FN2O3. The normalized spacial score (nSPS) is 20.8. The fourth-order valence-electron chi connectivity index (χ4n) is 2.91. The molecule has 2 aromatic carbocycles. The van der Waals surface area contributed by atoms with Crippen LogP contribution in [0.3, 0.4) is 0 Å². The number of amides is 2. The van der Waals surface area contributed by atoms with Crippen LogP contribution >= 0.6 is 0 Å². The molecular weight excluding hydrogens is 311 g/mol. The molecule has 124 valence electrons. The zero-order valence-corrected chi connectivity index (χ0v) is 12.9. The summed E-state index contributed by atoms with van der Waals surface area (Å²) in [5.41, 5.74) is 1.49. The van der Waals surface area contributed by atoms with Crippen LogP contribution in [-0.4, -0.2) is 34.5 Å². The second-order valence-corrected chi connectivity index (χ2v) is 5.67. The van der Waals surface area contributed by atoms with Crippen molar-refractivity contribution in [1.29, 1.82) is 0 Å². The lowest BCUT2D eigenvalue weighted by Crippen LogP contribution is -2.60. The molecule has 0 aliphatic carbocycles. The quantitative estimate of drug-likeness (QED) is 0.833. The van der Waals surface area contributed by atoms with Gasteiger partial charge in [0, 0.05) is 6.54 Å². The minimum absolute atomic E-state index is 0.218. The molecule has 0 aromatic heterocycles. The molecule has 1 aliphatic rings. The smallest absolute Gasteiger partial charge is 0.312 e. The number of carbonyl (C=O) groups excluding carboxylic acids is 2. The van der Waals surface area contributed by atoms with Crippen molar-refractivity contribution >= 4 is 11.8 Å². The maximum atomic E-state index is 13.1. The number of nitrogens with zero attached hydrogens (tertiary/aromatic N) is 1. The molecule has 0 bridgehead atoms. The van der Waals surface area contributed by atoms with Gasteiger partial charge in [0.05, 0.1) is 18.7 Å². The SMILES string of the molecule is O=C1N[C@H](c2ccc(F)cc2)[C@@H](CO)N(Cc2ccccc2)C1=O. The highest BCUT2D eigenvalue weighted by atomic mass is 19.1. The lowest BCUT2D eigenvalue weighted by Gasteiger charge is -2.40. The second kappa shape index (κ2) is 6.80. The predicted molar refractivity (Wildman–Crippen MR) is 85.1 cm³/mol. The van der Waals surface area contributed by atoms with Crippen molar-refractivity contribution in [2.75, 3.05) is 6.61 Å². The first kappa shape index (κ1) is 16.1. The van der Waals surface area contributed by atoms with Gasteiger partial charge in [-0.05, 0) is 23.3 Å². The number of hydrogen-bond donors (Lipinski definition) is 2. The van der Waals surface area contributed by atoms with E-state index in [1.54, 1.807) is 12.1 Å². The van der Waals surface area contributed by atoms with E-state index in [1.165, 1.54) is 17.0 Å². The Morgan fingerprint density at radius 1 is 1.04 bits per heavy atom. The van der Waals surface area contributed by atoms with E-state index < -0.39 is 29.7 Å². The number of hydrogen-bond acceptors (Lipinski definition) is 3. The van der Waals surface area contributed by atoms with Crippen LogP contribution in [0.4, 0.5) is 4.39 Å². The number of piperazine rings is 1. The van der Waals surface area contributed by atoms with E-state index in [1.807, 2.05) is 30.3 Å². The topological polar surface area (TPSA) is 69.6 Å². The number of aliphatic hydroxyl groups is 1. The Kier molecular flexibility index (Phi) is 4.57. The summed E-state index contributed by atoms with van der Waals surface area (Å²) in [4.78, 5) is 25.7. The van der Waals surface area contributed by atoms with Crippen LogP contribution in [-0.2, 0) is 16.1 Å². The molecule has 1 fully saturated rings. The Morgan fingerprint density at radius 2 is 1.71 bits per heavy atom. The first-order valence-corrected chi connectivity index (χ1v) is 7.62. The molecule has 1 saturated heterocycles. The standard InChI is InChI=1S/C18H17FN2O3/c19-14-8-6-13(7-9-14)16-15(11-22)21(18(24)17(23)20-16)10-12-4-2-1-3-5-12/h1-9,15-16,22H,10-11H2,(H,20,23)/t15-,16-/m1/s1. The Labute approximate surface area is 138 Å². The zero-order chi connectivity index (χ0) is 17.1. The van der Waals surface area contributed by atoms with E-state index in [0.29, 0.717) is 5.56 Å². The fraction of sp³-hybridized carbons (Fsp3) is 0.222. The Bertz CT molecular complexity index is 734. The number of benzene rings is 2. The summed E-state index contributed by atoms with van der Waals surface area (Å²) < 4.78 is 13.1. The molecule has 1 aliphatic heterocycles. The van der Waals surface area contributed by atoms with Crippen molar-refractivity contribution in [2.45, 2.75) is 18.6 Å². The summed E-state index contributed by atoms with van der Waals surface area (Å²) in [6, 6.07) is 13.7. The fourth-order valence-corrected chi connectivity index (χ4v) is 2.91. The molecule has 0 saturated carbocycles. The summed E-state index contributed by atoms with van der Waals surface area (Å²) in [6.07, 6.45) is 0. The number of halogens is 1. The third-order valence-corrected chi connectivity index (χ3v) is 4.14. The molecule has 3 rings (SSSR count). The third kappa shape index (κ3) is 3.14. The van der Waals surface area contributed by atoms with E-state index in [-0.39, 0.29) is 13.2 Å². The number of nitrogens with one attached hydrogen (secondary N) is 1. The van der Waals surface area contributed by atoms with Crippen molar-refractivity contribution in [1.82, 2.24) is 10.2 Å². The molecule has 1 heterocycles. The molecule has 24 heavy (non-hydrogen) atoms. The van der Waals surface area contributed by atoms with Crippen molar-refractivity contribution in [3.05, 3.63) is 71.5 Å². The Morgan fingerprint density at radius 3 is 2.33 bits per heavy atom. The van der Waals surface area contributed by atoms with Gasteiger partial charge in [-0.15, -0.1) is 0 Å². The van der Waals surface area contributed by atoms with Gasteiger partial charge in [0.1, 0.15) is 5.82 Å². The van der Waals surface area contributed by atoms with Crippen molar-refractivity contribution in [3.63, 3.8) is 0 Å². The average molecular weight is 328 g/mol. The molecule has 2 atom stereocenters. The molecule has 2 N–H and O–H groups in total. The van der Waals surface area contributed by atoms with Crippen LogP contribution < -0.4 is 5.32 Å². The molecule has 5 nitrogen and oxygen atoms in total. The minimum atomic E-state index is -0.732. The number of carbonyl (C=O) groups is 2. The van der Waals surface area contributed by atoms with Gasteiger partial charge in [0.15, 0.2) is 0 Å². The number of aliphatic hydroxyl groups excluding tert-OH is 1. The molecule has 2 aromatic rings. The van der Waals surface area contributed by atoms with Crippen LogP contribution in [0.1, 0.15) is 17.2 Å². The van der Waals surface area contributed by atoms with Gasteiger partial charge < -0.3 is 15.3 Å². The van der Waals surface area contributed by atoms with Gasteiger partial charge in [-0.2, -0.15) is 0 Å². The summed E-state index contributed by atoms with van der Waals surface area (Å²) in [7, 11) is 0. The molecule has 0 radical (unpaired) electrons. The van der Waals surface area contributed by atoms with Crippen LogP contribution in [0.25, 0.3) is 0 Å². The monoisotopic (exact) mass is 328 g/mol. The molecule has 0 unspecified atom stereocenters. The van der Waals surface area contributed by atoms with Crippen LogP contribution in [0, 0.1) is 5.82 Å². The maximum Gasteiger partial charge on any atom is 0.312 e. The van der Waals surface area contributed by atoms with Gasteiger partial charge in [-0.25, -0.2) is 4.39 Å². The van der Waals surface area contributed by atoms with Crippen molar-refractivity contribution < 1.29 is 19.1 Å². The van der Waals surface area contributed by atoms with Gasteiger partial charge in [-0.1, -0.05) is 42.5 Å². The molecule has 6 heteroatoms. The van der Waals surface area contributed by atoms with E-state index in [0.717, 1.165) is 5.56 Å². The van der Waals surface area contributed by atoms with E-state index in [2.05, 4.69) is 5.32 Å². The molecule has 0 spiro atoms. The summed E-state index contributed by atoms with van der Waals surface area (Å²) in [5, 5.41) is 12.4. The van der Waals surface area contributed by atoms with Crippen LogP contribution in [0.2, 0.25) is 0 Å². The first-order chi connectivity index (χ1) is 11.6.